The molecule has 27 heavy (non-hydrogen) atoms. The molecule has 1 aliphatic rings. The van der Waals surface area contributed by atoms with E-state index in [4.69, 9.17) is 11.6 Å². The van der Waals surface area contributed by atoms with Gasteiger partial charge in [-0.25, -0.2) is 4.79 Å². The molecule has 1 amide bonds. The van der Waals surface area contributed by atoms with Crippen molar-refractivity contribution in [2.24, 2.45) is 5.92 Å². The maximum absolute atomic E-state index is 13.2. The van der Waals surface area contributed by atoms with Gasteiger partial charge in [-0.15, -0.1) is 0 Å². The van der Waals surface area contributed by atoms with Gasteiger partial charge in [0.1, 0.15) is 0 Å². The van der Waals surface area contributed by atoms with Crippen LogP contribution in [0.5, 0.6) is 0 Å². The van der Waals surface area contributed by atoms with E-state index in [1.807, 2.05) is 0 Å². The number of nitrogens with one attached hydrogen (secondary N) is 1. The lowest BCUT2D eigenvalue weighted by molar-refractivity contribution is -0.214. The van der Waals surface area contributed by atoms with E-state index >= 15 is 0 Å². The molecule has 2 rings (SSSR count). The maximum atomic E-state index is 13.2. The fourth-order valence-corrected chi connectivity index (χ4v) is 2.87. The van der Waals surface area contributed by atoms with Crippen molar-refractivity contribution in [3.63, 3.8) is 0 Å². The number of alkyl halides is 6. The van der Waals surface area contributed by atoms with Crippen LogP contribution in [-0.4, -0.2) is 49.1 Å². The lowest BCUT2D eigenvalue weighted by Gasteiger charge is -2.35. The second kappa shape index (κ2) is 8.55. The molecule has 4 nitrogen and oxygen atoms in total. The molecule has 0 bridgehead atoms. The SMILES string of the molecule is O=C(Nc1ccc(Cl)cc1)OC(CN1CCCC(C(F)(F)F)C1)C(F)(F)F. The van der Waals surface area contributed by atoms with Crippen molar-refractivity contribution in [1.29, 1.82) is 0 Å². The summed E-state index contributed by atoms with van der Waals surface area (Å²) in [4.78, 5) is 12.8. The Labute approximate surface area is 156 Å². The predicted octanol–water partition coefficient (Wildman–Crippen LogP) is 5.09. The summed E-state index contributed by atoms with van der Waals surface area (Å²) in [6.07, 6.45) is -13.3. The third-order valence-electron chi connectivity index (χ3n) is 4.10. The molecule has 1 saturated heterocycles. The number of hydrogen-bond acceptors (Lipinski definition) is 3. The Bertz CT molecular complexity index is 635. The summed E-state index contributed by atoms with van der Waals surface area (Å²) in [6.45, 7) is -1.34. The summed E-state index contributed by atoms with van der Waals surface area (Å²) < 4.78 is 82.4. The van der Waals surface area contributed by atoms with Crippen LogP contribution in [0.4, 0.5) is 36.8 Å². The standard InChI is InChI=1S/C16H17ClF6N2O2/c17-11-3-5-12(6-4-11)24-14(26)27-13(16(21,22)23)9-25-7-1-2-10(8-25)15(18,19)20/h3-6,10,13H,1-2,7-9H2,(H,24,26). The Morgan fingerprint density at radius 2 is 1.85 bits per heavy atom. The summed E-state index contributed by atoms with van der Waals surface area (Å²) in [5, 5.41) is 2.49. The highest BCUT2D eigenvalue weighted by molar-refractivity contribution is 6.30. The second-order valence-corrected chi connectivity index (χ2v) is 6.64. The van der Waals surface area contributed by atoms with Crippen LogP contribution in [-0.2, 0) is 4.74 Å². The predicted molar refractivity (Wildman–Crippen MR) is 86.6 cm³/mol. The number of anilines is 1. The van der Waals surface area contributed by atoms with E-state index in [1.54, 1.807) is 0 Å². The summed E-state index contributed by atoms with van der Waals surface area (Å²) in [5.74, 6) is -1.69. The highest BCUT2D eigenvalue weighted by Crippen LogP contribution is 2.34. The molecule has 0 saturated carbocycles. The third kappa shape index (κ3) is 6.76. The van der Waals surface area contributed by atoms with E-state index in [2.05, 4.69) is 10.1 Å². The number of rotatable bonds is 4. The van der Waals surface area contributed by atoms with Gasteiger partial charge in [-0.05, 0) is 43.7 Å². The van der Waals surface area contributed by atoms with E-state index < -0.39 is 43.6 Å². The summed E-state index contributed by atoms with van der Waals surface area (Å²) >= 11 is 5.67. The number of hydrogen-bond donors (Lipinski definition) is 1. The molecule has 0 spiro atoms. The number of likely N-dealkylation sites (tertiary alicyclic amines) is 1. The van der Waals surface area contributed by atoms with Crippen molar-refractivity contribution in [2.75, 3.05) is 25.0 Å². The van der Waals surface area contributed by atoms with Crippen LogP contribution in [0.3, 0.4) is 0 Å². The molecule has 1 aromatic rings. The van der Waals surface area contributed by atoms with Crippen molar-refractivity contribution >= 4 is 23.4 Å². The van der Waals surface area contributed by atoms with Crippen molar-refractivity contribution in [2.45, 2.75) is 31.3 Å². The zero-order valence-corrected chi connectivity index (χ0v) is 14.7. The highest BCUT2D eigenvalue weighted by Gasteiger charge is 2.47. The number of piperidine rings is 1. The van der Waals surface area contributed by atoms with Crippen LogP contribution in [0.2, 0.25) is 5.02 Å². The van der Waals surface area contributed by atoms with E-state index in [0.29, 0.717) is 5.02 Å². The van der Waals surface area contributed by atoms with Crippen LogP contribution in [0, 0.1) is 5.92 Å². The number of nitrogens with zero attached hydrogens (tertiary/aromatic N) is 1. The minimum Gasteiger partial charge on any atom is -0.435 e. The summed E-state index contributed by atoms with van der Waals surface area (Å²) in [5.41, 5.74) is 0.167. The molecular weight excluding hydrogens is 402 g/mol. The molecule has 0 aliphatic carbocycles. The van der Waals surface area contributed by atoms with Gasteiger partial charge in [-0.2, -0.15) is 26.3 Å². The molecular formula is C16H17ClF6N2O2. The first kappa shape index (κ1) is 21.6. The maximum Gasteiger partial charge on any atom is 0.426 e. The Morgan fingerprint density at radius 1 is 1.22 bits per heavy atom. The quantitative estimate of drug-likeness (QED) is 0.692. The van der Waals surface area contributed by atoms with Gasteiger partial charge in [0.15, 0.2) is 0 Å². The van der Waals surface area contributed by atoms with Gasteiger partial charge in [0.05, 0.1) is 5.92 Å². The van der Waals surface area contributed by atoms with Crippen LogP contribution >= 0.6 is 11.6 Å². The minimum atomic E-state index is -4.91. The average Bonchev–Trinajstić information content (AvgIpc) is 2.55. The van der Waals surface area contributed by atoms with Crippen LogP contribution in [0.15, 0.2) is 24.3 Å². The van der Waals surface area contributed by atoms with Crippen molar-refractivity contribution in [1.82, 2.24) is 4.90 Å². The normalized spacial score (nSPS) is 20.2. The fraction of sp³-hybridized carbons (Fsp3) is 0.562. The number of ether oxygens (including phenoxy) is 1. The van der Waals surface area contributed by atoms with Crippen LogP contribution < -0.4 is 5.32 Å². The van der Waals surface area contributed by atoms with Gasteiger partial charge in [-0.1, -0.05) is 11.6 Å². The van der Waals surface area contributed by atoms with Gasteiger partial charge in [0, 0.05) is 23.8 Å². The summed E-state index contributed by atoms with van der Waals surface area (Å²) in [7, 11) is 0. The molecule has 11 heteroatoms. The first-order valence-corrected chi connectivity index (χ1v) is 8.42. The van der Waals surface area contributed by atoms with Gasteiger partial charge in [0.25, 0.3) is 0 Å². The molecule has 1 N–H and O–H groups in total. The lowest BCUT2D eigenvalue weighted by Crippen LogP contribution is -2.49. The smallest absolute Gasteiger partial charge is 0.426 e. The number of halogens is 7. The molecule has 1 aliphatic heterocycles. The van der Waals surface area contributed by atoms with Crippen LogP contribution in [0.1, 0.15) is 12.8 Å². The lowest BCUT2D eigenvalue weighted by atomic mass is 9.97. The number of benzene rings is 1. The molecule has 0 aromatic heterocycles. The fourth-order valence-electron chi connectivity index (χ4n) is 2.74. The molecule has 152 valence electrons. The first-order chi connectivity index (χ1) is 12.4. The minimum absolute atomic E-state index is 0.0708. The average molecular weight is 419 g/mol. The van der Waals surface area contributed by atoms with Crippen molar-refractivity contribution in [3.8, 4) is 0 Å². The van der Waals surface area contributed by atoms with Gasteiger partial charge in [-0.3, -0.25) is 10.2 Å². The summed E-state index contributed by atoms with van der Waals surface area (Å²) in [6, 6.07) is 5.57. The van der Waals surface area contributed by atoms with Gasteiger partial charge >= 0.3 is 18.4 Å². The second-order valence-electron chi connectivity index (χ2n) is 6.21. The molecule has 1 aromatic carbocycles. The number of carbonyl (C=O) groups excluding carboxylic acids is 1. The van der Waals surface area contributed by atoms with Crippen molar-refractivity contribution < 1.29 is 35.9 Å². The highest BCUT2D eigenvalue weighted by atomic mass is 35.5. The Hall–Kier alpha value is -1.68. The van der Waals surface area contributed by atoms with E-state index in [1.165, 1.54) is 24.3 Å². The Morgan fingerprint density at radius 3 is 2.41 bits per heavy atom. The van der Waals surface area contributed by atoms with Gasteiger partial charge < -0.3 is 4.74 Å². The monoisotopic (exact) mass is 418 g/mol. The third-order valence-corrected chi connectivity index (χ3v) is 4.35. The molecule has 1 heterocycles. The first-order valence-electron chi connectivity index (χ1n) is 8.04. The van der Waals surface area contributed by atoms with E-state index in [0.717, 1.165) is 4.90 Å². The molecule has 1 fully saturated rings. The molecule has 2 unspecified atom stereocenters. The zero-order chi connectivity index (χ0) is 20.2. The molecule has 2 atom stereocenters. The van der Waals surface area contributed by atoms with E-state index in [9.17, 15) is 31.1 Å². The largest absolute Gasteiger partial charge is 0.435 e. The van der Waals surface area contributed by atoms with Gasteiger partial charge in [0.2, 0.25) is 6.10 Å². The number of carbonyl (C=O) groups is 1. The molecule has 0 radical (unpaired) electrons. The van der Waals surface area contributed by atoms with E-state index in [-0.39, 0.29) is 25.1 Å². The van der Waals surface area contributed by atoms with Crippen LogP contribution in [0.25, 0.3) is 0 Å². The zero-order valence-electron chi connectivity index (χ0n) is 13.9. The Kier molecular flexibility index (Phi) is 6.85. The Balaban J connectivity index is 1.98. The topological polar surface area (TPSA) is 41.6 Å². The number of amides is 1. The van der Waals surface area contributed by atoms with Crippen molar-refractivity contribution in [3.05, 3.63) is 29.3 Å².